The Morgan fingerprint density at radius 2 is 2.05 bits per heavy atom. The number of hydrogen-bond acceptors (Lipinski definition) is 2. The summed E-state index contributed by atoms with van der Waals surface area (Å²) in [5.74, 6) is 1.74. The van der Waals surface area contributed by atoms with Crippen LogP contribution in [-0.4, -0.2) is 19.6 Å². The maximum absolute atomic E-state index is 5.88. The number of guanidine groups is 1. The molecule has 0 bridgehead atoms. The van der Waals surface area contributed by atoms with E-state index in [0.29, 0.717) is 6.54 Å². The van der Waals surface area contributed by atoms with Gasteiger partial charge in [0.2, 0.25) is 0 Å². The molecule has 0 unspecified atom stereocenters. The van der Waals surface area contributed by atoms with E-state index in [9.17, 15) is 0 Å². The third-order valence-corrected chi connectivity index (χ3v) is 3.42. The number of rotatable bonds is 5. The summed E-state index contributed by atoms with van der Waals surface area (Å²) in [6.07, 6.45) is 5.17. The lowest BCUT2D eigenvalue weighted by atomic mass is 10.1. The molecule has 0 spiro atoms. The number of allylic oxidation sites excluding steroid dienone is 1. The van der Waals surface area contributed by atoms with Crippen LogP contribution in [0.25, 0.3) is 11.0 Å². The summed E-state index contributed by atoms with van der Waals surface area (Å²) < 4.78 is 5.88. The van der Waals surface area contributed by atoms with Gasteiger partial charge in [0.25, 0.3) is 0 Å². The topological polar surface area (TPSA) is 49.6 Å². The van der Waals surface area contributed by atoms with E-state index < -0.39 is 0 Å². The fraction of sp³-hybridized carbons (Fsp3) is 0.353. The number of nitrogens with zero attached hydrogens (tertiary/aromatic N) is 1. The Hall–Kier alpha value is -1.50. The first-order valence-corrected chi connectivity index (χ1v) is 7.29. The van der Waals surface area contributed by atoms with E-state index >= 15 is 0 Å². The van der Waals surface area contributed by atoms with Crippen LogP contribution in [0.2, 0.25) is 0 Å². The molecule has 0 atom stereocenters. The van der Waals surface area contributed by atoms with Gasteiger partial charge in [-0.05, 0) is 26.3 Å². The van der Waals surface area contributed by atoms with E-state index in [4.69, 9.17) is 4.42 Å². The van der Waals surface area contributed by atoms with Gasteiger partial charge in [-0.25, -0.2) is 0 Å². The zero-order valence-electron chi connectivity index (χ0n) is 13.3. The van der Waals surface area contributed by atoms with Crippen LogP contribution in [0.3, 0.4) is 0 Å². The predicted octanol–water partition coefficient (Wildman–Crippen LogP) is 3.99. The van der Waals surface area contributed by atoms with Crippen LogP contribution in [0.1, 0.15) is 24.7 Å². The Morgan fingerprint density at radius 1 is 1.27 bits per heavy atom. The summed E-state index contributed by atoms with van der Waals surface area (Å²) >= 11 is 0. The van der Waals surface area contributed by atoms with Crippen LogP contribution in [0.15, 0.2) is 45.8 Å². The second-order valence-electron chi connectivity index (χ2n) is 4.86. The predicted molar refractivity (Wildman–Crippen MR) is 104 cm³/mol. The molecule has 0 saturated heterocycles. The van der Waals surface area contributed by atoms with Gasteiger partial charge in [-0.3, -0.25) is 4.99 Å². The van der Waals surface area contributed by atoms with E-state index in [0.717, 1.165) is 30.3 Å². The Labute approximate surface area is 149 Å². The highest BCUT2D eigenvalue weighted by atomic mass is 127. The van der Waals surface area contributed by atoms with Crippen molar-refractivity contribution >= 4 is 40.9 Å². The summed E-state index contributed by atoms with van der Waals surface area (Å²) in [7, 11) is 1.77. The molecule has 0 aliphatic heterocycles. The van der Waals surface area contributed by atoms with E-state index in [2.05, 4.69) is 40.8 Å². The largest absolute Gasteiger partial charge is 0.459 e. The highest BCUT2D eigenvalue weighted by Crippen LogP contribution is 2.24. The zero-order chi connectivity index (χ0) is 15.1. The number of halogens is 1. The summed E-state index contributed by atoms with van der Waals surface area (Å²) in [4.78, 5) is 4.21. The van der Waals surface area contributed by atoms with Crippen LogP contribution in [-0.2, 0) is 6.54 Å². The molecular formula is C17H24IN3O. The van der Waals surface area contributed by atoms with E-state index in [-0.39, 0.29) is 24.0 Å². The van der Waals surface area contributed by atoms with E-state index in [1.165, 1.54) is 10.9 Å². The van der Waals surface area contributed by atoms with Gasteiger partial charge in [-0.1, -0.05) is 30.4 Å². The smallest absolute Gasteiger partial charge is 0.191 e. The SMILES string of the molecule is C/C=C/CCNC(=NC)NCc1oc2ccccc2c1C.I. The molecule has 2 N–H and O–H groups in total. The zero-order valence-corrected chi connectivity index (χ0v) is 15.7. The number of hydrogen-bond donors (Lipinski definition) is 2. The first kappa shape index (κ1) is 18.5. The molecule has 5 heteroatoms. The van der Waals surface area contributed by atoms with Crippen LogP contribution in [0.5, 0.6) is 0 Å². The standard InChI is InChI=1S/C17H23N3O.HI/c1-4-5-8-11-19-17(18-3)20-12-16-13(2)14-9-6-7-10-15(14)21-16;/h4-7,9-10H,8,11-12H2,1-3H3,(H2,18,19,20);1H/b5-4+;. The van der Waals surface area contributed by atoms with Crippen molar-refractivity contribution < 1.29 is 4.42 Å². The van der Waals surface area contributed by atoms with Crippen molar-refractivity contribution in [2.45, 2.75) is 26.8 Å². The fourth-order valence-corrected chi connectivity index (χ4v) is 2.22. The third kappa shape index (κ3) is 4.76. The molecule has 0 amide bonds. The van der Waals surface area contributed by atoms with Crippen molar-refractivity contribution in [3.63, 3.8) is 0 Å². The Morgan fingerprint density at radius 3 is 2.73 bits per heavy atom. The molecule has 2 aromatic rings. The highest BCUT2D eigenvalue weighted by molar-refractivity contribution is 14.0. The number of aryl methyl sites for hydroxylation is 1. The summed E-state index contributed by atoms with van der Waals surface area (Å²) in [6.45, 7) is 5.61. The molecule has 2 rings (SSSR count). The number of benzene rings is 1. The van der Waals surface area contributed by atoms with Gasteiger partial charge < -0.3 is 15.1 Å². The molecular weight excluding hydrogens is 389 g/mol. The monoisotopic (exact) mass is 413 g/mol. The normalized spacial score (nSPS) is 11.7. The van der Waals surface area contributed by atoms with Crippen molar-refractivity contribution in [1.82, 2.24) is 10.6 Å². The second kappa shape index (κ2) is 9.50. The second-order valence-corrected chi connectivity index (χ2v) is 4.86. The molecule has 22 heavy (non-hydrogen) atoms. The lowest BCUT2D eigenvalue weighted by Crippen LogP contribution is -2.37. The fourth-order valence-electron chi connectivity index (χ4n) is 2.22. The molecule has 0 aliphatic carbocycles. The number of fused-ring (bicyclic) bond motifs is 1. The molecule has 0 saturated carbocycles. The summed E-state index contributed by atoms with van der Waals surface area (Å²) in [5, 5.41) is 7.73. The third-order valence-electron chi connectivity index (χ3n) is 3.42. The van der Waals surface area contributed by atoms with E-state index in [1.807, 2.05) is 25.1 Å². The molecule has 0 radical (unpaired) electrons. The van der Waals surface area contributed by atoms with Crippen molar-refractivity contribution in [2.75, 3.05) is 13.6 Å². The van der Waals surface area contributed by atoms with Crippen molar-refractivity contribution in [1.29, 1.82) is 0 Å². The van der Waals surface area contributed by atoms with Gasteiger partial charge in [-0.2, -0.15) is 0 Å². The van der Waals surface area contributed by atoms with Crippen LogP contribution >= 0.6 is 24.0 Å². The molecule has 1 heterocycles. The van der Waals surface area contributed by atoms with Gasteiger partial charge in [0.15, 0.2) is 5.96 Å². The van der Waals surface area contributed by atoms with Crippen LogP contribution in [0, 0.1) is 6.92 Å². The maximum Gasteiger partial charge on any atom is 0.191 e. The van der Waals surface area contributed by atoms with Crippen molar-refractivity contribution in [3.8, 4) is 0 Å². The minimum Gasteiger partial charge on any atom is -0.459 e. The number of furan rings is 1. The Bertz CT molecular complexity index is 646. The quantitative estimate of drug-likeness (QED) is 0.256. The first-order valence-electron chi connectivity index (χ1n) is 7.29. The summed E-state index contributed by atoms with van der Waals surface area (Å²) in [6, 6.07) is 8.10. The minimum absolute atomic E-state index is 0. The maximum atomic E-state index is 5.88. The van der Waals surface area contributed by atoms with Gasteiger partial charge >= 0.3 is 0 Å². The Balaban J connectivity index is 0.00000242. The van der Waals surface area contributed by atoms with Gasteiger partial charge in [0.1, 0.15) is 11.3 Å². The van der Waals surface area contributed by atoms with Crippen molar-refractivity contribution in [3.05, 3.63) is 47.7 Å². The van der Waals surface area contributed by atoms with Gasteiger partial charge in [-0.15, -0.1) is 24.0 Å². The van der Waals surface area contributed by atoms with Gasteiger partial charge in [0.05, 0.1) is 6.54 Å². The first-order chi connectivity index (χ1) is 10.3. The molecule has 0 aliphatic rings. The molecule has 4 nitrogen and oxygen atoms in total. The van der Waals surface area contributed by atoms with Crippen molar-refractivity contribution in [2.24, 2.45) is 4.99 Å². The van der Waals surface area contributed by atoms with Gasteiger partial charge in [0, 0.05) is 24.5 Å². The Kier molecular flexibility index (Phi) is 8.01. The molecule has 1 aromatic carbocycles. The number of para-hydroxylation sites is 1. The van der Waals surface area contributed by atoms with E-state index in [1.54, 1.807) is 7.05 Å². The average molecular weight is 413 g/mol. The average Bonchev–Trinajstić information content (AvgIpc) is 2.83. The molecule has 120 valence electrons. The molecule has 0 fully saturated rings. The van der Waals surface area contributed by atoms with Crippen LogP contribution in [0.4, 0.5) is 0 Å². The van der Waals surface area contributed by atoms with Crippen LogP contribution < -0.4 is 10.6 Å². The highest BCUT2D eigenvalue weighted by Gasteiger charge is 2.09. The number of nitrogens with one attached hydrogen (secondary N) is 2. The number of aliphatic imine (C=N–C) groups is 1. The minimum atomic E-state index is 0. The molecule has 1 aromatic heterocycles. The lowest BCUT2D eigenvalue weighted by molar-refractivity contribution is 0.534. The lowest BCUT2D eigenvalue weighted by Gasteiger charge is -2.10. The summed E-state index contributed by atoms with van der Waals surface area (Å²) in [5.41, 5.74) is 2.12.